The summed E-state index contributed by atoms with van der Waals surface area (Å²) in [6.07, 6.45) is 5.86. The van der Waals surface area contributed by atoms with E-state index in [0.717, 1.165) is 51.6 Å². The molecule has 1 aromatic carbocycles. The lowest BCUT2D eigenvalue weighted by molar-refractivity contribution is -0.119. The number of hydrogen-bond acceptors (Lipinski definition) is 4. The molecule has 0 bridgehead atoms. The monoisotopic (exact) mass is 352 g/mol. The van der Waals surface area contributed by atoms with Gasteiger partial charge >= 0.3 is 5.97 Å². The molecule has 1 saturated carbocycles. The van der Waals surface area contributed by atoms with Crippen LogP contribution in [0.4, 0.5) is 5.69 Å². The van der Waals surface area contributed by atoms with Crippen molar-refractivity contribution in [1.82, 2.24) is 5.32 Å². The maximum atomic E-state index is 12.3. The van der Waals surface area contributed by atoms with Gasteiger partial charge < -0.3 is 15.4 Å². The van der Waals surface area contributed by atoms with Crippen LogP contribution in [-0.2, 0) is 9.53 Å². The maximum Gasteiger partial charge on any atom is 0.338 e. The molecule has 3 rings (SSSR count). The number of anilines is 1. The van der Waals surface area contributed by atoms with Gasteiger partial charge in [0, 0.05) is 11.6 Å². The number of benzene rings is 1. The van der Waals surface area contributed by atoms with Crippen molar-refractivity contribution in [2.75, 3.05) is 18.4 Å². The predicted octanol–water partition coefficient (Wildman–Crippen LogP) is 3.15. The first-order valence-corrected chi connectivity index (χ1v) is 8.55. The van der Waals surface area contributed by atoms with E-state index in [2.05, 4.69) is 10.6 Å². The van der Waals surface area contributed by atoms with Crippen molar-refractivity contribution in [2.24, 2.45) is 5.92 Å². The molecule has 0 aromatic heterocycles. The molecule has 0 atom stereocenters. The molecule has 2 N–H and O–H groups in total. The van der Waals surface area contributed by atoms with Gasteiger partial charge in [0.15, 0.2) is 0 Å². The predicted molar refractivity (Wildman–Crippen MR) is 95.6 cm³/mol. The molecule has 0 radical (unpaired) electrons. The molecule has 1 heterocycles. The van der Waals surface area contributed by atoms with Crippen molar-refractivity contribution in [1.29, 1.82) is 0 Å². The zero-order chi connectivity index (χ0) is 16.1. The van der Waals surface area contributed by atoms with E-state index in [1.807, 2.05) is 6.07 Å². The third-order valence-corrected chi connectivity index (χ3v) is 4.65. The van der Waals surface area contributed by atoms with Gasteiger partial charge in [-0.05, 0) is 57.0 Å². The largest absolute Gasteiger partial charge is 0.459 e. The summed E-state index contributed by atoms with van der Waals surface area (Å²) in [6.45, 7) is 1.77. The highest BCUT2D eigenvalue weighted by atomic mass is 35.5. The Hall–Kier alpha value is -1.59. The Morgan fingerprint density at radius 1 is 1.08 bits per heavy atom. The molecule has 1 amide bonds. The van der Waals surface area contributed by atoms with Gasteiger partial charge in [0.2, 0.25) is 5.91 Å². The molecule has 1 saturated heterocycles. The highest BCUT2D eigenvalue weighted by molar-refractivity contribution is 5.95. The van der Waals surface area contributed by atoms with E-state index in [0.29, 0.717) is 11.3 Å². The molecular formula is C18H25ClN2O3. The molecule has 5 nitrogen and oxygen atoms in total. The molecule has 0 spiro atoms. The van der Waals surface area contributed by atoms with E-state index in [-0.39, 0.29) is 36.3 Å². The van der Waals surface area contributed by atoms with Crippen LogP contribution in [0.1, 0.15) is 48.9 Å². The highest BCUT2D eigenvalue weighted by Gasteiger charge is 2.23. The fraction of sp³-hybridized carbons (Fsp3) is 0.556. The number of amides is 1. The lowest BCUT2D eigenvalue weighted by Gasteiger charge is -2.22. The Kier molecular flexibility index (Phi) is 7.06. The fourth-order valence-electron chi connectivity index (χ4n) is 3.29. The summed E-state index contributed by atoms with van der Waals surface area (Å²) in [5.74, 6) is -0.138. The standard InChI is InChI=1S/C18H24N2O3.ClH/c21-17(13-4-1-2-5-13)20-15-7-3-6-14(12-15)18(22)23-16-8-10-19-11-9-16;/h3,6-7,12-13,16,19H,1-2,4-5,8-11H2,(H,20,21);1H. The van der Waals surface area contributed by atoms with Crippen LogP contribution in [0.3, 0.4) is 0 Å². The van der Waals surface area contributed by atoms with Gasteiger partial charge in [0.25, 0.3) is 0 Å². The molecule has 2 aliphatic rings. The van der Waals surface area contributed by atoms with Crippen LogP contribution >= 0.6 is 12.4 Å². The lowest BCUT2D eigenvalue weighted by atomic mass is 10.1. The number of esters is 1. The fourth-order valence-corrected chi connectivity index (χ4v) is 3.29. The quantitative estimate of drug-likeness (QED) is 0.817. The number of halogens is 1. The van der Waals surface area contributed by atoms with Crippen molar-refractivity contribution in [3.8, 4) is 0 Å². The van der Waals surface area contributed by atoms with Gasteiger partial charge in [0.1, 0.15) is 6.10 Å². The number of carbonyl (C=O) groups is 2. The number of rotatable bonds is 4. The number of ether oxygens (including phenoxy) is 1. The Labute approximate surface area is 148 Å². The van der Waals surface area contributed by atoms with E-state index in [4.69, 9.17) is 4.74 Å². The summed E-state index contributed by atoms with van der Waals surface area (Å²) in [5, 5.41) is 6.17. The van der Waals surface area contributed by atoms with Crippen LogP contribution < -0.4 is 10.6 Å². The smallest absolute Gasteiger partial charge is 0.338 e. The summed E-state index contributed by atoms with van der Waals surface area (Å²) in [4.78, 5) is 24.4. The number of carbonyl (C=O) groups excluding carboxylic acids is 2. The van der Waals surface area contributed by atoms with E-state index in [1.54, 1.807) is 18.2 Å². The molecule has 132 valence electrons. The van der Waals surface area contributed by atoms with Gasteiger partial charge in [-0.2, -0.15) is 0 Å². The van der Waals surface area contributed by atoms with E-state index in [9.17, 15) is 9.59 Å². The van der Waals surface area contributed by atoms with E-state index < -0.39 is 0 Å². The Morgan fingerprint density at radius 2 is 1.79 bits per heavy atom. The minimum absolute atomic E-state index is 0. The molecule has 1 aromatic rings. The second kappa shape index (κ2) is 9.04. The molecule has 0 unspecified atom stereocenters. The SMILES string of the molecule is Cl.O=C(OC1CCNCC1)c1cccc(NC(=O)C2CCCC2)c1. The number of piperidine rings is 1. The Balaban J connectivity index is 0.00000208. The average Bonchev–Trinajstić information content (AvgIpc) is 3.11. The van der Waals surface area contributed by atoms with Crippen LogP contribution in [-0.4, -0.2) is 31.1 Å². The van der Waals surface area contributed by atoms with Crippen LogP contribution in [0.25, 0.3) is 0 Å². The third-order valence-electron chi connectivity index (χ3n) is 4.65. The number of nitrogens with one attached hydrogen (secondary N) is 2. The first kappa shape index (κ1) is 18.7. The minimum atomic E-state index is -0.311. The van der Waals surface area contributed by atoms with Crippen molar-refractivity contribution in [2.45, 2.75) is 44.6 Å². The molecule has 2 fully saturated rings. The van der Waals surface area contributed by atoms with Gasteiger partial charge in [-0.25, -0.2) is 4.79 Å². The summed E-state index contributed by atoms with van der Waals surface area (Å²) >= 11 is 0. The van der Waals surface area contributed by atoms with Gasteiger partial charge in [-0.1, -0.05) is 18.9 Å². The van der Waals surface area contributed by atoms with Crippen LogP contribution in [0.5, 0.6) is 0 Å². The normalized spacial score (nSPS) is 18.7. The van der Waals surface area contributed by atoms with Crippen molar-refractivity contribution >= 4 is 30.0 Å². The first-order valence-electron chi connectivity index (χ1n) is 8.55. The second-order valence-electron chi connectivity index (χ2n) is 6.41. The van der Waals surface area contributed by atoms with Crippen molar-refractivity contribution in [3.05, 3.63) is 29.8 Å². The van der Waals surface area contributed by atoms with Gasteiger partial charge in [-0.15, -0.1) is 12.4 Å². The Bertz CT molecular complexity index is 567. The van der Waals surface area contributed by atoms with Gasteiger partial charge in [-0.3, -0.25) is 4.79 Å². The van der Waals surface area contributed by atoms with Crippen LogP contribution in [0.2, 0.25) is 0 Å². The summed E-state index contributed by atoms with van der Waals surface area (Å²) in [5.41, 5.74) is 1.16. The highest BCUT2D eigenvalue weighted by Crippen LogP contribution is 2.26. The number of hydrogen-bond donors (Lipinski definition) is 2. The lowest BCUT2D eigenvalue weighted by Crippen LogP contribution is -2.33. The molecule has 1 aliphatic carbocycles. The summed E-state index contributed by atoms with van der Waals surface area (Å²) in [7, 11) is 0. The summed E-state index contributed by atoms with van der Waals surface area (Å²) < 4.78 is 5.55. The van der Waals surface area contributed by atoms with Crippen molar-refractivity contribution < 1.29 is 14.3 Å². The first-order chi connectivity index (χ1) is 11.2. The molecule has 1 aliphatic heterocycles. The van der Waals surface area contributed by atoms with E-state index in [1.165, 1.54) is 0 Å². The zero-order valence-corrected chi connectivity index (χ0v) is 14.6. The van der Waals surface area contributed by atoms with Crippen LogP contribution in [0, 0.1) is 5.92 Å². The topological polar surface area (TPSA) is 67.4 Å². The Morgan fingerprint density at radius 3 is 2.50 bits per heavy atom. The maximum absolute atomic E-state index is 12.3. The average molecular weight is 353 g/mol. The van der Waals surface area contributed by atoms with E-state index >= 15 is 0 Å². The zero-order valence-electron chi connectivity index (χ0n) is 13.8. The summed E-state index contributed by atoms with van der Waals surface area (Å²) in [6, 6.07) is 7.03. The van der Waals surface area contributed by atoms with Crippen molar-refractivity contribution in [3.63, 3.8) is 0 Å². The third kappa shape index (κ3) is 4.95. The second-order valence-corrected chi connectivity index (χ2v) is 6.41. The minimum Gasteiger partial charge on any atom is -0.459 e. The van der Waals surface area contributed by atoms with Crippen LogP contribution in [0.15, 0.2) is 24.3 Å². The molecule has 24 heavy (non-hydrogen) atoms. The molecular weight excluding hydrogens is 328 g/mol. The van der Waals surface area contributed by atoms with Gasteiger partial charge in [0.05, 0.1) is 5.56 Å². The molecule has 6 heteroatoms.